The van der Waals surface area contributed by atoms with E-state index in [1.54, 1.807) is 24.4 Å². The topological polar surface area (TPSA) is 62.1 Å². The van der Waals surface area contributed by atoms with Gasteiger partial charge in [0, 0.05) is 11.8 Å². The summed E-state index contributed by atoms with van der Waals surface area (Å²) in [5.41, 5.74) is 2.68. The van der Waals surface area contributed by atoms with Crippen molar-refractivity contribution in [1.29, 1.82) is 0 Å². The molecule has 0 aliphatic heterocycles. The van der Waals surface area contributed by atoms with Crippen LogP contribution in [-0.4, -0.2) is 35.2 Å². The fourth-order valence-corrected chi connectivity index (χ4v) is 4.52. The molecule has 0 heterocycles. The molecular formula is C32H33NO3. The third-order valence-corrected chi connectivity index (χ3v) is 6.38. The predicted molar refractivity (Wildman–Crippen MR) is 146 cm³/mol. The van der Waals surface area contributed by atoms with E-state index in [4.69, 9.17) is 4.74 Å². The van der Waals surface area contributed by atoms with E-state index in [1.807, 2.05) is 60.7 Å². The van der Waals surface area contributed by atoms with Gasteiger partial charge in [0.15, 0.2) is 0 Å². The molecule has 4 nitrogen and oxygen atoms in total. The summed E-state index contributed by atoms with van der Waals surface area (Å²) in [6.07, 6.45) is 2.37. The number of phenolic OH excluding ortho intramolecular Hbond substituents is 1. The molecule has 0 unspecified atom stereocenters. The van der Waals surface area contributed by atoms with Crippen molar-refractivity contribution in [3.8, 4) is 5.75 Å². The van der Waals surface area contributed by atoms with Crippen molar-refractivity contribution in [3.63, 3.8) is 0 Å². The van der Waals surface area contributed by atoms with Crippen LogP contribution < -0.4 is 0 Å². The van der Waals surface area contributed by atoms with Gasteiger partial charge in [-0.3, -0.25) is 4.99 Å². The first kappa shape index (κ1) is 25.4. The zero-order chi connectivity index (χ0) is 25.2. The number of rotatable bonds is 11. The zero-order valence-electron chi connectivity index (χ0n) is 20.6. The van der Waals surface area contributed by atoms with Gasteiger partial charge < -0.3 is 14.9 Å². The molecule has 0 radical (unpaired) electrons. The maximum atomic E-state index is 11.3. The van der Waals surface area contributed by atoms with Gasteiger partial charge in [-0.2, -0.15) is 0 Å². The minimum atomic E-state index is -0.900. The molecular weight excluding hydrogens is 446 g/mol. The van der Waals surface area contributed by atoms with Crippen LogP contribution in [0.25, 0.3) is 0 Å². The van der Waals surface area contributed by atoms with Gasteiger partial charge in [-0.15, -0.1) is 0 Å². The van der Waals surface area contributed by atoms with E-state index in [-0.39, 0.29) is 18.4 Å². The Labute approximate surface area is 213 Å². The molecule has 4 heteroatoms. The Balaban J connectivity index is 1.69. The number of ether oxygens (including phenoxy) is 1. The van der Waals surface area contributed by atoms with E-state index < -0.39 is 11.7 Å². The number of hydrogen-bond donors (Lipinski definition) is 2. The second kappa shape index (κ2) is 12.3. The monoisotopic (exact) mass is 479 g/mol. The van der Waals surface area contributed by atoms with Crippen LogP contribution in [0.2, 0.25) is 0 Å². The van der Waals surface area contributed by atoms with Gasteiger partial charge in [-0.1, -0.05) is 116 Å². The minimum absolute atomic E-state index is 0.0848. The summed E-state index contributed by atoms with van der Waals surface area (Å²) in [6.45, 7) is 2.15. The molecule has 4 rings (SSSR count). The van der Waals surface area contributed by atoms with Crippen molar-refractivity contribution in [2.45, 2.75) is 37.5 Å². The molecule has 4 aromatic carbocycles. The molecule has 0 aliphatic carbocycles. The fourth-order valence-electron chi connectivity index (χ4n) is 4.52. The number of phenols is 1. The van der Waals surface area contributed by atoms with E-state index >= 15 is 0 Å². The summed E-state index contributed by atoms with van der Waals surface area (Å²) in [5.74, 6) is 0.165. The lowest BCUT2D eigenvalue weighted by molar-refractivity contribution is -0.0452. The van der Waals surface area contributed by atoms with Crippen molar-refractivity contribution < 1.29 is 14.9 Å². The maximum Gasteiger partial charge on any atom is 0.143 e. The van der Waals surface area contributed by atoms with Gasteiger partial charge in [0.2, 0.25) is 0 Å². The number of aromatic hydroxyl groups is 1. The highest BCUT2D eigenvalue weighted by atomic mass is 16.5. The number of nitrogens with zero attached hydrogens (tertiary/aromatic N) is 1. The number of aliphatic imine (C=N–C) groups is 1. The van der Waals surface area contributed by atoms with Gasteiger partial charge in [-0.05, 0) is 35.2 Å². The van der Waals surface area contributed by atoms with E-state index in [9.17, 15) is 10.2 Å². The van der Waals surface area contributed by atoms with Crippen LogP contribution in [0.5, 0.6) is 5.75 Å². The van der Waals surface area contributed by atoms with E-state index in [1.165, 1.54) is 0 Å². The number of hydrogen-bond acceptors (Lipinski definition) is 4. The molecule has 184 valence electrons. The molecule has 0 bridgehead atoms. The normalized spacial score (nSPS) is 13.5. The van der Waals surface area contributed by atoms with E-state index in [0.29, 0.717) is 12.0 Å². The fraction of sp³-hybridized carbons (Fsp3) is 0.219. The van der Waals surface area contributed by atoms with Crippen molar-refractivity contribution in [3.05, 3.63) is 138 Å². The SMILES string of the molecule is CCC[C@@H](N=Cc1ccccc1O)[C@@H](O)COC(c1ccccc1)(c1ccccc1)c1ccccc1. The molecule has 0 amide bonds. The summed E-state index contributed by atoms with van der Waals surface area (Å²) < 4.78 is 6.78. The van der Waals surface area contributed by atoms with Crippen molar-refractivity contribution in [2.24, 2.45) is 4.99 Å². The van der Waals surface area contributed by atoms with Gasteiger partial charge >= 0.3 is 0 Å². The summed E-state index contributed by atoms with van der Waals surface area (Å²) >= 11 is 0. The summed E-state index contributed by atoms with van der Waals surface area (Å²) in [5, 5.41) is 21.4. The molecule has 0 spiro atoms. The molecule has 0 fully saturated rings. The number of aliphatic hydroxyl groups excluding tert-OH is 1. The summed E-state index contributed by atoms with van der Waals surface area (Å²) in [4.78, 5) is 4.65. The second-order valence-corrected chi connectivity index (χ2v) is 8.85. The first-order valence-electron chi connectivity index (χ1n) is 12.4. The number of benzene rings is 4. The molecule has 0 saturated carbocycles. The highest BCUT2D eigenvalue weighted by molar-refractivity contribution is 5.83. The van der Waals surface area contributed by atoms with Crippen molar-refractivity contribution in [1.82, 2.24) is 0 Å². The first-order valence-corrected chi connectivity index (χ1v) is 12.4. The van der Waals surface area contributed by atoms with Gasteiger partial charge in [0.25, 0.3) is 0 Å². The van der Waals surface area contributed by atoms with Gasteiger partial charge in [-0.25, -0.2) is 0 Å². The lowest BCUT2D eigenvalue weighted by Crippen LogP contribution is -2.38. The Morgan fingerprint density at radius 1 is 0.750 bits per heavy atom. The van der Waals surface area contributed by atoms with Crippen LogP contribution in [0.1, 0.15) is 42.0 Å². The third-order valence-electron chi connectivity index (χ3n) is 6.38. The molecule has 0 aliphatic rings. The van der Waals surface area contributed by atoms with Crippen LogP contribution in [0.15, 0.2) is 120 Å². The average molecular weight is 480 g/mol. The van der Waals surface area contributed by atoms with Crippen molar-refractivity contribution >= 4 is 6.21 Å². The zero-order valence-corrected chi connectivity index (χ0v) is 20.6. The van der Waals surface area contributed by atoms with Gasteiger partial charge in [0.05, 0.1) is 18.8 Å². The average Bonchev–Trinajstić information content (AvgIpc) is 2.94. The third kappa shape index (κ3) is 5.73. The smallest absolute Gasteiger partial charge is 0.143 e. The van der Waals surface area contributed by atoms with Crippen LogP contribution in [0.4, 0.5) is 0 Å². The Morgan fingerprint density at radius 3 is 1.69 bits per heavy atom. The van der Waals surface area contributed by atoms with Crippen molar-refractivity contribution in [2.75, 3.05) is 6.61 Å². The Morgan fingerprint density at radius 2 is 1.22 bits per heavy atom. The Kier molecular flexibility index (Phi) is 8.66. The quantitative estimate of drug-likeness (QED) is 0.195. The molecule has 0 aromatic heterocycles. The standard InChI is InChI=1S/C32H33NO3/c1-2-14-29(33-23-25-15-12-13-22-30(25)34)31(35)24-36-32(26-16-6-3-7-17-26,27-18-8-4-9-19-27)28-20-10-5-11-21-28/h3-13,15-23,29,31,34-35H,2,14,24H2,1H3/t29-,31+/m1/s1. The molecule has 4 aromatic rings. The van der Waals surface area contributed by atoms with Crippen LogP contribution in [0.3, 0.4) is 0 Å². The highest BCUT2D eigenvalue weighted by Crippen LogP contribution is 2.40. The lowest BCUT2D eigenvalue weighted by Gasteiger charge is -2.37. The lowest BCUT2D eigenvalue weighted by atomic mass is 9.80. The largest absolute Gasteiger partial charge is 0.507 e. The molecule has 2 N–H and O–H groups in total. The first-order chi connectivity index (χ1) is 17.6. The van der Waals surface area contributed by atoms with E-state index in [0.717, 1.165) is 23.1 Å². The predicted octanol–water partition coefficient (Wildman–Crippen LogP) is 6.35. The molecule has 0 saturated heterocycles. The highest BCUT2D eigenvalue weighted by Gasteiger charge is 2.38. The Hall–Kier alpha value is -3.73. The number of para-hydroxylation sites is 1. The second-order valence-electron chi connectivity index (χ2n) is 8.85. The Bertz CT molecular complexity index is 1130. The van der Waals surface area contributed by atoms with Crippen LogP contribution in [0, 0.1) is 0 Å². The molecule has 36 heavy (non-hydrogen) atoms. The maximum absolute atomic E-state index is 11.3. The van der Waals surface area contributed by atoms with E-state index in [2.05, 4.69) is 48.3 Å². The van der Waals surface area contributed by atoms with Crippen LogP contribution in [-0.2, 0) is 10.3 Å². The molecule has 2 atom stereocenters. The van der Waals surface area contributed by atoms with Gasteiger partial charge in [0.1, 0.15) is 11.4 Å². The summed E-state index contributed by atoms with van der Waals surface area (Å²) in [6, 6.07) is 37.1. The summed E-state index contributed by atoms with van der Waals surface area (Å²) in [7, 11) is 0. The van der Waals surface area contributed by atoms with Crippen LogP contribution >= 0.6 is 0 Å². The minimum Gasteiger partial charge on any atom is -0.507 e. The number of aliphatic hydroxyl groups is 1.